The average Bonchev–Trinajstić information content (AvgIpc) is 2.89. The summed E-state index contributed by atoms with van der Waals surface area (Å²) >= 11 is 4.90. The Bertz CT molecular complexity index is 547. The van der Waals surface area contributed by atoms with E-state index < -0.39 is 11.4 Å². The molecule has 1 aliphatic carbocycles. The zero-order valence-corrected chi connectivity index (χ0v) is 14.0. The van der Waals surface area contributed by atoms with Crippen molar-refractivity contribution >= 4 is 45.2 Å². The van der Waals surface area contributed by atoms with Crippen LogP contribution in [0.4, 0.5) is 0 Å². The van der Waals surface area contributed by atoms with E-state index in [2.05, 4.69) is 21.2 Å². The van der Waals surface area contributed by atoms with Crippen LogP contribution < -0.4 is 5.32 Å². The molecule has 21 heavy (non-hydrogen) atoms. The molecule has 0 atom stereocenters. The SMILES string of the molecule is O=C(/C=C/c1ccc(Br)s1)NCC1(C(=O)O)CCCCC1. The van der Waals surface area contributed by atoms with E-state index in [0.717, 1.165) is 27.9 Å². The molecule has 2 rings (SSSR count). The molecule has 0 saturated heterocycles. The molecule has 0 spiro atoms. The summed E-state index contributed by atoms with van der Waals surface area (Å²) < 4.78 is 1.01. The summed E-state index contributed by atoms with van der Waals surface area (Å²) in [6.07, 6.45) is 7.39. The van der Waals surface area contributed by atoms with Crippen molar-refractivity contribution in [2.45, 2.75) is 32.1 Å². The highest BCUT2D eigenvalue weighted by Crippen LogP contribution is 2.36. The third kappa shape index (κ3) is 4.41. The summed E-state index contributed by atoms with van der Waals surface area (Å²) in [6.45, 7) is 0.208. The van der Waals surface area contributed by atoms with Crippen LogP contribution in [-0.4, -0.2) is 23.5 Å². The second-order valence-corrected chi connectivity index (χ2v) is 7.83. The fourth-order valence-corrected chi connectivity index (χ4v) is 3.91. The first-order chi connectivity index (χ1) is 10.0. The van der Waals surface area contributed by atoms with E-state index in [9.17, 15) is 14.7 Å². The Kier molecular flexibility index (Phi) is 5.58. The molecule has 1 aromatic heterocycles. The number of rotatable bonds is 5. The summed E-state index contributed by atoms with van der Waals surface area (Å²) in [5.41, 5.74) is -0.784. The van der Waals surface area contributed by atoms with Crippen molar-refractivity contribution in [3.63, 3.8) is 0 Å². The summed E-state index contributed by atoms with van der Waals surface area (Å²) in [4.78, 5) is 24.3. The maximum absolute atomic E-state index is 11.8. The van der Waals surface area contributed by atoms with E-state index in [1.54, 1.807) is 6.08 Å². The molecular formula is C15H18BrNO3S. The van der Waals surface area contributed by atoms with Gasteiger partial charge in [0.15, 0.2) is 0 Å². The summed E-state index contributed by atoms with van der Waals surface area (Å²) in [5.74, 6) is -1.04. The van der Waals surface area contributed by atoms with Crippen molar-refractivity contribution in [2.75, 3.05) is 6.54 Å². The molecule has 0 radical (unpaired) electrons. The summed E-state index contributed by atoms with van der Waals surface area (Å²) in [5, 5.41) is 12.2. The Morgan fingerprint density at radius 1 is 1.33 bits per heavy atom. The molecule has 0 bridgehead atoms. The molecule has 2 N–H and O–H groups in total. The van der Waals surface area contributed by atoms with Crippen molar-refractivity contribution in [2.24, 2.45) is 5.41 Å². The fourth-order valence-electron chi connectivity index (χ4n) is 2.59. The minimum absolute atomic E-state index is 0.208. The van der Waals surface area contributed by atoms with Gasteiger partial charge in [0.05, 0.1) is 9.20 Å². The smallest absolute Gasteiger partial charge is 0.311 e. The van der Waals surface area contributed by atoms with Crippen LogP contribution in [0, 0.1) is 5.41 Å². The van der Waals surface area contributed by atoms with Gasteiger partial charge in [-0.15, -0.1) is 11.3 Å². The topological polar surface area (TPSA) is 66.4 Å². The number of hydrogen-bond acceptors (Lipinski definition) is 3. The number of hydrogen-bond donors (Lipinski definition) is 2. The number of aliphatic carboxylic acids is 1. The molecule has 1 saturated carbocycles. The first-order valence-electron chi connectivity index (χ1n) is 6.96. The lowest BCUT2D eigenvalue weighted by atomic mass is 9.74. The van der Waals surface area contributed by atoms with Crippen LogP contribution in [0.3, 0.4) is 0 Å². The number of halogens is 1. The van der Waals surface area contributed by atoms with Crippen LogP contribution in [0.1, 0.15) is 37.0 Å². The highest BCUT2D eigenvalue weighted by Gasteiger charge is 2.39. The molecule has 0 aliphatic heterocycles. The van der Waals surface area contributed by atoms with E-state index in [1.807, 2.05) is 12.1 Å². The number of carbonyl (C=O) groups is 2. The van der Waals surface area contributed by atoms with Gasteiger partial charge in [-0.1, -0.05) is 19.3 Å². The largest absolute Gasteiger partial charge is 0.481 e. The highest BCUT2D eigenvalue weighted by atomic mass is 79.9. The van der Waals surface area contributed by atoms with Gasteiger partial charge >= 0.3 is 5.97 Å². The normalized spacial score (nSPS) is 17.8. The lowest BCUT2D eigenvalue weighted by molar-refractivity contribution is -0.150. The molecule has 114 valence electrons. The van der Waals surface area contributed by atoms with E-state index in [1.165, 1.54) is 17.4 Å². The quantitative estimate of drug-likeness (QED) is 0.775. The molecule has 0 unspecified atom stereocenters. The van der Waals surface area contributed by atoms with E-state index in [0.29, 0.717) is 12.8 Å². The van der Waals surface area contributed by atoms with E-state index in [-0.39, 0.29) is 12.5 Å². The molecule has 1 aromatic rings. The van der Waals surface area contributed by atoms with Gasteiger partial charge in [0.25, 0.3) is 0 Å². The molecule has 6 heteroatoms. The Morgan fingerprint density at radius 2 is 2.05 bits per heavy atom. The highest BCUT2D eigenvalue weighted by molar-refractivity contribution is 9.11. The minimum atomic E-state index is -0.798. The summed E-state index contributed by atoms with van der Waals surface area (Å²) in [7, 11) is 0. The molecule has 1 aliphatic rings. The van der Waals surface area contributed by atoms with Gasteiger partial charge in [-0.3, -0.25) is 9.59 Å². The van der Waals surface area contributed by atoms with Crippen LogP contribution in [0.5, 0.6) is 0 Å². The monoisotopic (exact) mass is 371 g/mol. The first-order valence-corrected chi connectivity index (χ1v) is 8.57. The predicted molar refractivity (Wildman–Crippen MR) is 87.2 cm³/mol. The maximum atomic E-state index is 11.8. The van der Waals surface area contributed by atoms with Crippen molar-refractivity contribution in [3.8, 4) is 0 Å². The molecule has 1 heterocycles. The lowest BCUT2D eigenvalue weighted by Crippen LogP contribution is -2.44. The van der Waals surface area contributed by atoms with Crippen molar-refractivity contribution < 1.29 is 14.7 Å². The van der Waals surface area contributed by atoms with Gasteiger partial charge in [0.1, 0.15) is 0 Å². The van der Waals surface area contributed by atoms with Gasteiger partial charge in [-0.05, 0) is 47.0 Å². The Hall–Kier alpha value is -1.14. The first kappa shape index (κ1) is 16.2. The van der Waals surface area contributed by atoms with Gasteiger partial charge in [0.2, 0.25) is 5.91 Å². The van der Waals surface area contributed by atoms with Crippen LogP contribution >= 0.6 is 27.3 Å². The standard InChI is InChI=1S/C15H18BrNO3S/c16-12-6-4-11(21-12)5-7-13(18)17-10-15(14(19)20)8-2-1-3-9-15/h4-7H,1-3,8-10H2,(H,17,18)(H,19,20)/b7-5+. The van der Waals surface area contributed by atoms with Crippen molar-refractivity contribution in [3.05, 3.63) is 26.9 Å². The molecule has 1 amide bonds. The summed E-state index contributed by atoms with van der Waals surface area (Å²) in [6, 6.07) is 3.84. The molecule has 4 nitrogen and oxygen atoms in total. The molecule has 1 fully saturated rings. The Labute approximate surface area is 136 Å². The second kappa shape index (κ2) is 7.22. The van der Waals surface area contributed by atoms with Crippen LogP contribution in [0.15, 0.2) is 22.0 Å². The van der Waals surface area contributed by atoms with Crippen molar-refractivity contribution in [1.82, 2.24) is 5.32 Å². The third-order valence-electron chi connectivity index (χ3n) is 3.86. The van der Waals surface area contributed by atoms with Crippen LogP contribution in [0.2, 0.25) is 0 Å². The minimum Gasteiger partial charge on any atom is -0.481 e. The number of carbonyl (C=O) groups excluding carboxylic acids is 1. The maximum Gasteiger partial charge on any atom is 0.311 e. The number of nitrogens with one attached hydrogen (secondary N) is 1. The fraction of sp³-hybridized carbons (Fsp3) is 0.467. The van der Waals surface area contributed by atoms with Gasteiger partial charge < -0.3 is 10.4 Å². The number of carboxylic acid groups (broad SMARTS) is 1. The molecular weight excluding hydrogens is 354 g/mol. The predicted octanol–water partition coefficient (Wildman–Crippen LogP) is 3.68. The zero-order chi connectivity index (χ0) is 15.3. The Balaban J connectivity index is 1.90. The molecule has 0 aromatic carbocycles. The Morgan fingerprint density at radius 3 is 2.62 bits per heavy atom. The zero-order valence-electron chi connectivity index (χ0n) is 11.6. The van der Waals surface area contributed by atoms with Crippen LogP contribution in [-0.2, 0) is 9.59 Å². The second-order valence-electron chi connectivity index (χ2n) is 5.34. The van der Waals surface area contributed by atoms with Crippen molar-refractivity contribution in [1.29, 1.82) is 0 Å². The van der Waals surface area contributed by atoms with Gasteiger partial charge in [0, 0.05) is 17.5 Å². The van der Waals surface area contributed by atoms with Crippen LogP contribution in [0.25, 0.3) is 6.08 Å². The van der Waals surface area contributed by atoms with Gasteiger partial charge in [-0.2, -0.15) is 0 Å². The third-order valence-corrected chi connectivity index (χ3v) is 5.45. The lowest BCUT2D eigenvalue weighted by Gasteiger charge is -2.33. The van der Waals surface area contributed by atoms with E-state index in [4.69, 9.17) is 0 Å². The average molecular weight is 372 g/mol. The number of carboxylic acids is 1. The number of amides is 1. The van der Waals surface area contributed by atoms with Gasteiger partial charge in [-0.25, -0.2) is 0 Å². The number of thiophene rings is 1. The van der Waals surface area contributed by atoms with E-state index >= 15 is 0 Å².